The molecule has 1 N–H and O–H groups in total. The van der Waals surface area contributed by atoms with Crippen molar-refractivity contribution < 1.29 is 4.79 Å². The molecule has 5 heterocycles. The van der Waals surface area contributed by atoms with Gasteiger partial charge in [0.15, 0.2) is 0 Å². The SMILES string of the molecule is C[C@H]1[C@H](NC(=O)c2cc3cc(Cl)cn3cn2)C2CCN1CC2. The number of hydrogen-bond donors (Lipinski definition) is 1. The van der Waals surface area contributed by atoms with Gasteiger partial charge in [-0.3, -0.25) is 9.69 Å². The van der Waals surface area contributed by atoms with E-state index >= 15 is 0 Å². The third kappa shape index (κ3) is 2.29. The molecule has 3 saturated heterocycles. The van der Waals surface area contributed by atoms with Gasteiger partial charge in [-0.2, -0.15) is 0 Å². The zero-order valence-electron chi connectivity index (χ0n) is 12.5. The van der Waals surface area contributed by atoms with Crippen molar-refractivity contribution in [1.29, 1.82) is 0 Å². The summed E-state index contributed by atoms with van der Waals surface area (Å²) in [5.41, 5.74) is 1.33. The van der Waals surface area contributed by atoms with Gasteiger partial charge in [0.05, 0.1) is 10.5 Å². The molecule has 0 aromatic carbocycles. The van der Waals surface area contributed by atoms with Crippen molar-refractivity contribution >= 4 is 23.0 Å². The molecule has 116 valence electrons. The number of hydrogen-bond acceptors (Lipinski definition) is 3. The number of piperidine rings is 3. The molecule has 2 atom stereocenters. The second-order valence-electron chi connectivity index (χ2n) is 6.38. The van der Waals surface area contributed by atoms with E-state index in [2.05, 4.69) is 22.1 Å². The summed E-state index contributed by atoms with van der Waals surface area (Å²) in [4.78, 5) is 19.3. The average Bonchev–Trinajstić information content (AvgIpc) is 2.90. The zero-order valence-corrected chi connectivity index (χ0v) is 13.3. The van der Waals surface area contributed by atoms with Crippen LogP contribution in [0.1, 0.15) is 30.3 Å². The Morgan fingerprint density at radius 3 is 2.86 bits per heavy atom. The first-order chi connectivity index (χ1) is 10.6. The topological polar surface area (TPSA) is 49.6 Å². The van der Waals surface area contributed by atoms with Crippen LogP contribution in [0.3, 0.4) is 0 Å². The molecule has 2 aromatic rings. The van der Waals surface area contributed by atoms with Crippen molar-refractivity contribution in [3.8, 4) is 0 Å². The van der Waals surface area contributed by atoms with Gasteiger partial charge in [0.25, 0.3) is 5.91 Å². The monoisotopic (exact) mass is 318 g/mol. The third-order valence-electron chi connectivity index (χ3n) is 5.16. The summed E-state index contributed by atoms with van der Waals surface area (Å²) in [6.45, 7) is 4.52. The minimum absolute atomic E-state index is 0.0922. The standard InChI is InChI=1S/C16H19ClN4O/c1-10-15(11-2-4-20(10)5-3-11)19-16(22)14-7-13-6-12(17)8-21(13)9-18-14/h6-11,15H,2-5H2,1H3,(H,19,22)/t10-,15-/m0/s1. The Morgan fingerprint density at radius 1 is 1.36 bits per heavy atom. The highest BCUT2D eigenvalue weighted by Gasteiger charge is 2.40. The molecule has 3 aliphatic rings. The Balaban J connectivity index is 1.55. The molecule has 2 aromatic heterocycles. The number of fused-ring (bicyclic) bond motifs is 4. The minimum Gasteiger partial charge on any atom is -0.346 e. The first-order valence-corrected chi connectivity index (χ1v) is 8.18. The number of aromatic nitrogens is 2. The highest BCUT2D eigenvalue weighted by Crippen LogP contribution is 2.32. The van der Waals surface area contributed by atoms with Crippen LogP contribution in [-0.4, -0.2) is 45.4 Å². The van der Waals surface area contributed by atoms with E-state index in [9.17, 15) is 4.79 Å². The van der Waals surface area contributed by atoms with Gasteiger partial charge in [0, 0.05) is 18.3 Å². The predicted octanol–water partition coefficient (Wildman–Crippen LogP) is 2.20. The Labute approximate surface area is 134 Å². The summed E-state index contributed by atoms with van der Waals surface area (Å²) in [6, 6.07) is 4.25. The maximum atomic E-state index is 12.6. The van der Waals surface area contributed by atoms with Crippen LogP contribution >= 0.6 is 11.6 Å². The van der Waals surface area contributed by atoms with Crippen LogP contribution in [-0.2, 0) is 0 Å². The van der Waals surface area contributed by atoms with E-state index in [-0.39, 0.29) is 11.9 Å². The van der Waals surface area contributed by atoms with Crippen molar-refractivity contribution in [3.05, 3.63) is 35.4 Å². The van der Waals surface area contributed by atoms with Gasteiger partial charge in [0.2, 0.25) is 0 Å². The van der Waals surface area contributed by atoms with Crippen LogP contribution < -0.4 is 5.32 Å². The van der Waals surface area contributed by atoms with Crippen LogP contribution in [0.5, 0.6) is 0 Å². The lowest BCUT2D eigenvalue weighted by atomic mass is 9.79. The average molecular weight is 319 g/mol. The van der Waals surface area contributed by atoms with Crippen LogP contribution in [0.25, 0.3) is 5.52 Å². The molecule has 6 heteroatoms. The quantitative estimate of drug-likeness (QED) is 0.923. The lowest BCUT2D eigenvalue weighted by molar-refractivity contribution is 0.0216. The van der Waals surface area contributed by atoms with E-state index < -0.39 is 0 Å². The smallest absolute Gasteiger partial charge is 0.270 e. The summed E-state index contributed by atoms with van der Waals surface area (Å²) in [5.74, 6) is 0.501. The molecule has 1 amide bonds. The van der Waals surface area contributed by atoms with Gasteiger partial charge in [-0.05, 0) is 50.9 Å². The summed E-state index contributed by atoms with van der Waals surface area (Å²) >= 11 is 5.98. The Hall–Kier alpha value is -1.59. The molecular formula is C16H19ClN4O. The van der Waals surface area contributed by atoms with Crippen molar-refractivity contribution in [3.63, 3.8) is 0 Å². The number of halogens is 1. The maximum absolute atomic E-state index is 12.6. The molecule has 0 saturated carbocycles. The van der Waals surface area contributed by atoms with Gasteiger partial charge in [-0.15, -0.1) is 0 Å². The molecule has 0 spiro atoms. The Bertz CT molecular complexity index is 718. The van der Waals surface area contributed by atoms with Gasteiger partial charge in [0.1, 0.15) is 12.0 Å². The molecule has 0 unspecified atom stereocenters. The van der Waals surface area contributed by atoms with E-state index in [1.165, 1.54) is 12.8 Å². The second kappa shape index (κ2) is 5.25. The van der Waals surface area contributed by atoms with E-state index in [1.54, 1.807) is 18.6 Å². The van der Waals surface area contributed by atoms with Gasteiger partial charge >= 0.3 is 0 Å². The molecule has 0 aliphatic carbocycles. The number of nitrogens with zero attached hydrogens (tertiary/aromatic N) is 3. The molecule has 3 fully saturated rings. The summed E-state index contributed by atoms with van der Waals surface area (Å²) in [6.07, 6.45) is 5.77. The molecule has 3 aliphatic heterocycles. The lowest BCUT2D eigenvalue weighted by Crippen LogP contribution is -2.62. The van der Waals surface area contributed by atoms with E-state index in [0.717, 1.165) is 18.6 Å². The maximum Gasteiger partial charge on any atom is 0.270 e. The van der Waals surface area contributed by atoms with Crippen molar-refractivity contribution in [2.75, 3.05) is 13.1 Å². The fourth-order valence-corrected chi connectivity index (χ4v) is 4.09. The lowest BCUT2D eigenvalue weighted by Gasteiger charge is -2.49. The molecule has 5 rings (SSSR count). The normalized spacial score (nSPS) is 30.6. The number of carbonyl (C=O) groups excluding carboxylic acids is 1. The summed E-state index contributed by atoms with van der Waals surface area (Å²) in [7, 11) is 0. The fourth-order valence-electron chi connectivity index (χ4n) is 3.87. The molecule has 5 nitrogen and oxygen atoms in total. The number of carbonyl (C=O) groups is 1. The minimum atomic E-state index is -0.0922. The van der Waals surface area contributed by atoms with Crippen LogP contribution in [0.2, 0.25) is 5.02 Å². The van der Waals surface area contributed by atoms with Gasteiger partial charge in [-0.1, -0.05) is 11.6 Å². The fraction of sp³-hybridized carbons (Fsp3) is 0.500. The first-order valence-electron chi connectivity index (χ1n) is 7.80. The summed E-state index contributed by atoms with van der Waals surface area (Å²) in [5, 5.41) is 3.85. The van der Waals surface area contributed by atoms with Crippen molar-refractivity contribution in [1.82, 2.24) is 19.6 Å². The zero-order chi connectivity index (χ0) is 15.3. The third-order valence-corrected chi connectivity index (χ3v) is 5.37. The molecule has 0 radical (unpaired) electrons. The highest BCUT2D eigenvalue weighted by atomic mass is 35.5. The van der Waals surface area contributed by atoms with Gasteiger partial charge < -0.3 is 9.72 Å². The first kappa shape index (κ1) is 14.0. The summed E-state index contributed by atoms with van der Waals surface area (Å²) < 4.78 is 1.82. The van der Waals surface area contributed by atoms with Gasteiger partial charge in [-0.25, -0.2) is 4.98 Å². The van der Waals surface area contributed by atoms with E-state index in [1.807, 2.05) is 10.5 Å². The second-order valence-corrected chi connectivity index (χ2v) is 6.81. The predicted molar refractivity (Wildman–Crippen MR) is 85.2 cm³/mol. The number of amides is 1. The molecule has 22 heavy (non-hydrogen) atoms. The number of nitrogens with one attached hydrogen (secondary N) is 1. The van der Waals surface area contributed by atoms with Crippen LogP contribution in [0, 0.1) is 5.92 Å². The Morgan fingerprint density at radius 2 is 2.14 bits per heavy atom. The van der Waals surface area contributed by atoms with E-state index in [0.29, 0.717) is 22.7 Å². The van der Waals surface area contributed by atoms with Crippen LogP contribution in [0.4, 0.5) is 0 Å². The largest absolute Gasteiger partial charge is 0.346 e. The highest BCUT2D eigenvalue weighted by molar-refractivity contribution is 6.31. The number of rotatable bonds is 2. The molecular weight excluding hydrogens is 300 g/mol. The van der Waals surface area contributed by atoms with Crippen LogP contribution in [0.15, 0.2) is 24.7 Å². The van der Waals surface area contributed by atoms with Crippen molar-refractivity contribution in [2.24, 2.45) is 5.92 Å². The Kier molecular flexibility index (Phi) is 3.35. The molecule has 2 bridgehead atoms. The van der Waals surface area contributed by atoms with Crippen molar-refractivity contribution in [2.45, 2.75) is 31.8 Å². The van der Waals surface area contributed by atoms with E-state index in [4.69, 9.17) is 11.6 Å².